The van der Waals surface area contributed by atoms with Gasteiger partial charge in [-0.25, -0.2) is 4.79 Å². The summed E-state index contributed by atoms with van der Waals surface area (Å²) < 4.78 is 10.4. The monoisotopic (exact) mass is 437 g/mol. The standard InChI is InChI=1S/C24H20ClNO5/c1-15(27)26-21-13-23(30-2)19(12-20(21)25)24(29)31-14-22(28)18-10-8-17(9-11-18)16-6-4-3-5-7-16/h3-13H,14H2,1-2H3,(H,26,27). The number of hydrogen-bond acceptors (Lipinski definition) is 5. The van der Waals surface area contributed by atoms with Crippen LogP contribution in [0.2, 0.25) is 5.02 Å². The van der Waals surface area contributed by atoms with E-state index >= 15 is 0 Å². The molecular formula is C24H20ClNO5. The van der Waals surface area contributed by atoms with Crippen molar-refractivity contribution in [1.29, 1.82) is 0 Å². The van der Waals surface area contributed by atoms with Gasteiger partial charge in [0.25, 0.3) is 0 Å². The van der Waals surface area contributed by atoms with Gasteiger partial charge < -0.3 is 14.8 Å². The first-order valence-corrected chi connectivity index (χ1v) is 9.77. The number of halogens is 1. The predicted molar refractivity (Wildman–Crippen MR) is 119 cm³/mol. The van der Waals surface area contributed by atoms with Crippen LogP contribution < -0.4 is 10.1 Å². The fourth-order valence-corrected chi connectivity index (χ4v) is 3.15. The molecule has 3 aromatic carbocycles. The van der Waals surface area contributed by atoms with Crippen molar-refractivity contribution >= 4 is 34.9 Å². The van der Waals surface area contributed by atoms with Crippen LogP contribution >= 0.6 is 11.6 Å². The van der Waals surface area contributed by atoms with Crippen LogP contribution in [-0.2, 0) is 9.53 Å². The van der Waals surface area contributed by atoms with Crippen molar-refractivity contribution in [2.45, 2.75) is 6.92 Å². The average Bonchev–Trinajstić information content (AvgIpc) is 2.78. The maximum Gasteiger partial charge on any atom is 0.342 e. The van der Waals surface area contributed by atoms with Crippen LogP contribution in [-0.4, -0.2) is 31.4 Å². The van der Waals surface area contributed by atoms with Gasteiger partial charge in [0.1, 0.15) is 11.3 Å². The smallest absolute Gasteiger partial charge is 0.342 e. The number of ketones is 1. The Labute approximate surface area is 184 Å². The summed E-state index contributed by atoms with van der Waals surface area (Å²) >= 11 is 6.13. The predicted octanol–water partition coefficient (Wildman–Crippen LogP) is 5.01. The molecular weight excluding hydrogens is 418 g/mol. The molecule has 0 heterocycles. The number of amides is 1. The number of hydrogen-bond donors (Lipinski definition) is 1. The highest BCUT2D eigenvalue weighted by molar-refractivity contribution is 6.34. The molecule has 3 aromatic rings. The van der Waals surface area contributed by atoms with Crippen molar-refractivity contribution in [3.63, 3.8) is 0 Å². The summed E-state index contributed by atoms with van der Waals surface area (Å²) in [6.07, 6.45) is 0. The Kier molecular flexibility index (Phi) is 7.05. The first-order valence-electron chi connectivity index (χ1n) is 9.40. The van der Waals surface area contributed by atoms with E-state index in [2.05, 4.69) is 5.32 Å². The van der Waals surface area contributed by atoms with Crippen LogP contribution in [0.5, 0.6) is 5.75 Å². The Morgan fingerprint density at radius 3 is 2.19 bits per heavy atom. The number of Topliss-reactive ketones (excluding diaryl/α,β-unsaturated/α-hetero) is 1. The molecule has 0 spiro atoms. The molecule has 3 rings (SSSR count). The molecule has 7 heteroatoms. The number of ether oxygens (including phenoxy) is 2. The Hall–Kier alpha value is -3.64. The number of carbonyl (C=O) groups excluding carboxylic acids is 3. The highest BCUT2D eigenvalue weighted by Gasteiger charge is 2.19. The summed E-state index contributed by atoms with van der Waals surface area (Å²) in [7, 11) is 1.37. The van der Waals surface area contributed by atoms with Gasteiger partial charge in [0, 0.05) is 18.6 Å². The Morgan fingerprint density at radius 1 is 0.935 bits per heavy atom. The van der Waals surface area contributed by atoms with Gasteiger partial charge in [-0.15, -0.1) is 0 Å². The normalized spacial score (nSPS) is 10.3. The summed E-state index contributed by atoms with van der Waals surface area (Å²) in [5.41, 5.74) is 2.80. The third kappa shape index (κ3) is 5.49. The zero-order valence-electron chi connectivity index (χ0n) is 17.0. The van der Waals surface area contributed by atoms with Crippen molar-refractivity contribution in [1.82, 2.24) is 0 Å². The van der Waals surface area contributed by atoms with Crippen molar-refractivity contribution in [2.75, 3.05) is 19.0 Å². The Balaban J connectivity index is 1.68. The van der Waals surface area contributed by atoms with E-state index in [-0.39, 0.29) is 28.0 Å². The minimum Gasteiger partial charge on any atom is -0.496 e. The van der Waals surface area contributed by atoms with Gasteiger partial charge in [-0.05, 0) is 17.2 Å². The van der Waals surface area contributed by atoms with Gasteiger partial charge >= 0.3 is 5.97 Å². The second kappa shape index (κ2) is 9.91. The first-order chi connectivity index (χ1) is 14.9. The van der Waals surface area contributed by atoms with Gasteiger partial charge in [-0.2, -0.15) is 0 Å². The van der Waals surface area contributed by atoms with E-state index in [1.807, 2.05) is 42.5 Å². The lowest BCUT2D eigenvalue weighted by atomic mass is 10.0. The highest BCUT2D eigenvalue weighted by Crippen LogP contribution is 2.31. The van der Waals surface area contributed by atoms with Gasteiger partial charge in [0.2, 0.25) is 5.91 Å². The van der Waals surface area contributed by atoms with E-state index in [1.54, 1.807) is 12.1 Å². The summed E-state index contributed by atoms with van der Waals surface area (Å²) in [6, 6.07) is 19.6. The summed E-state index contributed by atoms with van der Waals surface area (Å²) in [4.78, 5) is 36.2. The first kappa shape index (κ1) is 22.1. The summed E-state index contributed by atoms with van der Waals surface area (Å²) in [5, 5.41) is 2.69. The van der Waals surface area contributed by atoms with Crippen LogP contribution in [0, 0.1) is 0 Å². The van der Waals surface area contributed by atoms with Crippen LogP contribution in [0.4, 0.5) is 5.69 Å². The molecule has 0 atom stereocenters. The fraction of sp³-hybridized carbons (Fsp3) is 0.125. The number of carbonyl (C=O) groups is 3. The Morgan fingerprint density at radius 2 is 1.58 bits per heavy atom. The van der Waals surface area contributed by atoms with Crippen LogP contribution in [0.1, 0.15) is 27.6 Å². The van der Waals surface area contributed by atoms with E-state index in [0.717, 1.165) is 11.1 Å². The van der Waals surface area contributed by atoms with E-state index in [0.29, 0.717) is 11.3 Å². The minimum atomic E-state index is -0.762. The zero-order valence-corrected chi connectivity index (χ0v) is 17.7. The second-order valence-corrected chi connectivity index (χ2v) is 7.06. The third-order valence-electron chi connectivity index (χ3n) is 4.47. The molecule has 1 amide bonds. The average molecular weight is 438 g/mol. The number of esters is 1. The fourth-order valence-electron chi connectivity index (χ4n) is 2.94. The number of nitrogens with one attached hydrogen (secondary N) is 1. The molecule has 0 aromatic heterocycles. The SMILES string of the molecule is COc1cc(NC(C)=O)c(Cl)cc1C(=O)OCC(=O)c1ccc(-c2ccccc2)cc1. The van der Waals surface area contributed by atoms with Gasteiger partial charge in [-0.3, -0.25) is 9.59 Å². The molecule has 0 unspecified atom stereocenters. The van der Waals surface area contributed by atoms with Crippen LogP contribution in [0.25, 0.3) is 11.1 Å². The van der Waals surface area contributed by atoms with Gasteiger partial charge in [0.05, 0.1) is 17.8 Å². The van der Waals surface area contributed by atoms with Crippen molar-refractivity contribution in [2.24, 2.45) is 0 Å². The topological polar surface area (TPSA) is 81.7 Å². The molecule has 0 aliphatic rings. The molecule has 0 bridgehead atoms. The minimum absolute atomic E-state index is 0.0498. The quantitative estimate of drug-likeness (QED) is 0.415. The molecule has 0 aliphatic heterocycles. The molecule has 0 fully saturated rings. The van der Waals surface area contributed by atoms with E-state index in [9.17, 15) is 14.4 Å². The number of benzene rings is 3. The zero-order chi connectivity index (χ0) is 22.4. The molecule has 0 saturated heterocycles. The van der Waals surface area contributed by atoms with Gasteiger partial charge in [-0.1, -0.05) is 66.2 Å². The van der Waals surface area contributed by atoms with Gasteiger partial charge in [0.15, 0.2) is 12.4 Å². The van der Waals surface area contributed by atoms with Crippen molar-refractivity contribution in [3.05, 3.63) is 82.9 Å². The maximum atomic E-state index is 12.5. The Bertz CT molecular complexity index is 1110. The van der Waals surface area contributed by atoms with Crippen LogP contribution in [0.3, 0.4) is 0 Å². The number of anilines is 1. The lowest BCUT2D eigenvalue weighted by Gasteiger charge is -2.12. The van der Waals surface area contributed by atoms with Crippen molar-refractivity contribution in [3.8, 4) is 16.9 Å². The molecule has 158 valence electrons. The number of rotatable bonds is 7. The summed E-state index contributed by atoms with van der Waals surface area (Å²) in [5.74, 6) is -1.25. The van der Waals surface area contributed by atoms with E-state index in [4.69, 9.17) is 21.1 Å². The molecule has 0 radical (unpaired) electrons. The van der Waals surface area contributed by atoms with E-state index < -0.39 is 12.6 Å². The lowest BCUT2D eigenvalue weighted by molar-refractivity contribution is -0.114. The second-order valence-electron chi connectivity index (χ2n) is 6.66. The largest absolute Gasteiger partial charge is 0.496 e. The molecule has 6 nitrogen and oxygen atoms in total. The molecule has 1 N–H and O–H groups in total. The molecule has 31 heavy (non-hydrogen) atoms. The molecule has 0 aliphatic carbocycles. The lowest BCUT2D eigenvalue weighted by Crippen LogP contribution is -2.15. The summed E-state index contributed by atoms with van der Waals surface area (Å²) in [6.45, 7) is 0.903. The van der Waals surface area contributed by atoms with Crippen LogP contribution in [0.15, 0.2) is 66.7 Å². The highest BCUT2D eigenvalue weighted by atomic mass is 35.5. The number of methoxy groups -OCH3 is 1. The van der Waals surface area contributed by atoms with Crippen molar-refractivity contribution < 1.29 is 23.9 Å². The molecule has 0 saturated carbocycles. The van der Waals surface area contributed by atoms with E-state index in [1.165, 1.54) is 26.2 Å². The maximum absolute atomic E-state index is 12.5. The third-order valence-corrected chi connectivity index (χ3v) is 4.78.